The van der Waals surface area contributed by atoms with Crippen LogP contribution >= 0.6 is 0 Å². The van der Waals surface area contributed by atoms with E-state index in [2.05, 4.69) is 5.32 Å². The maximum absolute atomic E-state index is 11.3. The van der Waals surface area contributed by atoms with Gasteiger partial charge in [-0.15, -0.1) is 0 Å². The molecule has 1 fully saturated rings. The van der Waals surface area contributed by atoms with Crippen molar-refractivity contribution in [2.45, 2.75) is 25.0 Å². The summed E-state index contributed by atoms with van der Waals surface area (Å²) in [5.74, 6) is -0.152. The summed E-state index contributed by atoms with van der Waals surface area (Å²) in [6.07, 6.45) is 1.10. The van der Waals surface area contributed by atoms with E-state index >= 15 is 0 Å². The van der Waals surface area contributed by atoms with Gasteiger partial charge in [0.25, 0.3) is 0 Å². The Morgan fingerprint density at radius 3 is 2.92 bits per heavy atom. The number of rotatable bonds is 3. The monoisotopic (exact) mass is 188 g/mol. The molecule has 1 unspecified atom stereocenters. The molecule has 13 heavy (non-hydrogen) atoms. The molecule has 1 heterocycles. The van der Waals surface area contributed by atoms with Crippen LogP contribution in [0.15, 0.2) is 0 Å². The lowest BCUT2D eigenvalue weighted by molar-refractivity contribution is -0.136. The minimum Gasteiger partial charge on any atom is -0.395 e. The van der Waals surface area contributed by atoms with Crippen molar-refractivity contribution < 1.29 is 14.6 Å². The predicted molar refractivity (Wildman–Crippen MR) is 47.0 cm³/mol. The van der Waals surface area contributed by atoms with E-state index in [1.54, 1.807) is 0 Å². The molecule has 1 aliphatic heterocycles. The van der Waals surface area contributed by atoms with Crippen molar-refractivity contribution in [2.24, 2.45) is 5.73 Å². The Kier molecular flexibility index (Phi) is 4.14. The number of ether oxygens (including phenoxy) is 1. The second-order valence-corrected chi connectivity index (χ2v) is 3.17. The first-order chi connectivity index (χ1) is 6.24. The van der Waals surface area contributed by atoms with E-state index in [1.807, 2.05) is 0 Å². The fourth-order valence-corrected chi connectivity index (χ4v) is 1.27. The molecule has 5 heteroatoms. The van der Waals surface area contributed by atoms with Gasteiger partial charge in [0.2, 0.25) is 5.91 Å². The van der Waals surface area contributed by atoms with Crippen LogP contribution in [0.1, 0.15) is 12.8 Å². The average molecular weight is 188 g/mol. The van der Waals surface area contributed by atoms with Gasteiger partial charge in [0.15, 0.2) is 0 Å². The lowest BCUT2D eigenvalue weighted by Gasteiger charge is -2.25. The number of nitrogens with two attached hydrogens (primary N) is 1. The Bertz CT molecular complexity index is 167. The maximum Gasteiger partial charge on any atom is 0.249 e. The second kappa shape index (κ2) is 5.16. The van der Waals surface area contributed by atoms with Crippen molar-refractivity contribution in [1.29, 1.82) is 0 Å². The molecule has 0 spiro atoms. The van der Waals surface area contributed by atoms with Gasteiger partial charge in [0.05, 0.1) is 13.2 Å². The number of nitrogens with one attached hydrogen (secondary N) is 1. The normalized spacial score (nSPS) is 28.5. The zero-order chi connectivity index (χ0) is 9.68. The predicted octanol–water partition coefficient (Wildman–Crippen LogP) is -1.40. The first kappa shape index (κ1) is 10.4. The molecule has 1 saturated heterocycles. The molecule has 2 atom stereocenters. The third-order valence-electron chi connectivity index (χ3n) is 2.01. The lowest BCUT2D eigenvalue weighted by Crippen LogP contribution is -2.44. The summed E-state index contributed by atoms with van der Waals surface area (Å²) in [7, 11) is 0. The number of aliphatic hydroxyl groups excluding tert-OH is 1. The summed E-state index contributed by atoms with van der Waals surface area (Å²) in [4.78, 5) is 11.3. The summed E-state index contributed by atoms with van der Waals surface area (Å²) in [6.45, 7) is 0.680. The van der Waals surface area contributed by atoms with Crippen molar-refractivity contribution in [3.63, 3.8) is 0 Å². The van der Waals surface area contributed by atoms with Gasteiger partial charge in [-0.25, -0.2) is 0 Å². The molecule has 1 amide bonds. The Balaban J connectivity index is 2.23. The van der Waals surface area contributed by atoms with Crippen LogP contribution in [0.25, 0.3) is 0 Å². The van der Waals surface area contributed by atoms with Crippen molar-refractivity contribution in [2.75, 3.05) is 19.8 Å². The standard InChI is InChI=1S/C8H16N2O3/c9-6-1-2-7(13-5-6)8(12)10-3-4-11/h6-7,11H,1-5,9H2,(H,10,12)/t6-,7?/m1/s1. The zero-order valence-electron chi connectivity index (χ0n) is 7.53. The molecule has 0 radical (unpaired) electrons. The lowest BCUT2D eigenvalue weighted by atomic mass is 10.1. The average Bonchev–Trinajstić information content (AvgIpc) is 2.15. The molecule has 0 bridgehead atoms. The number of carbonyl (C=O) groups excluding carboxylic acids is 1. The summed E-state index contributed by atoms with van der Waals surface area (Å²) in [6, 6.07) is 0.0573. The quantitative estimate of drug-likeness (QED) is 0.508. The van der Waals surface area contributed by atoms with Gasteiger partial charge in [-0.2, -0.15) is 0 Å². The van der Waals surface area contributed by atoms with Crippen molar-refractivity contribution in [1.82, 2.24) is 5.32 Å². The summed E-state index contributed by atoms with van der Waals surface area (Å²) in [5, 5.41) is 11.0. The van der Waals surface area contributed by atoms with Crippen LogP contribution in [-0.2, 0) is 9.53 Å². The fourth-order valence-electron chi connectivity index (χ4n) is 1.27. The molecule has 0 aromatic rings. The number of hydrogen-bond donors (Lipinski definition) is 3. The van der Waals surface area contributed by atoms with Gasteiger partial charge in [-0.1, -0.05) is 0 Å². The van der Waals surface area contributed by atoms with Crippen molar-refractivity contribution in [3.05, 3.63) is 0 Å². The van der Waals surface area contributed by atoms with Gasteiger partial charge in [0, 0.05) is 12.6 Å². The second-order valence-electron chi connectivity index (χ2n) is 3.17. The molecular formula is C8H16N2O3. The van der Waals surface area contributed by atoms with Gasteiger partial charge in [-0.05, 0) is 12.8 Å². The Hall–Kier alpha value is -0.650. The zero-order valence-corrected chi connectivity index (χ0v) is 7.53. The van der Waals surface area contributed by atoms with Gasteiger partial charge >= 0.3 is 0 Å². The summed E-state index contributed by atoms with van der Waals surface area (Å²) >= 11 is 0. The topological polar surface area (TPSA) is 84.6 Å². The molecule has 0 saturated carbocycles. The Morgan fingerprint density at radius 2 is 2.38 bits per heavy atom. The van der Waals surface area contributed by atoms with E-state index in [1.165, 1.54) is 0 Å². The number of hydrogen-bond acceptors (Lipinski definition) is 4. The van der Waals surface area contributed by atoms with E-state index in [-0.39, 0.29) is 31.2 Å². The highest BCUT2D eigenvalue weighted by molar-refractivity contribution is 5.80. The van der Waals surface area contributed by atoms with Crippen LogP contribution in [0.5, 0.6) is 0 Å². The van der Waals surface area contributed by atoms with E-state index in [4.69, 9.17) is 15.6 Å². The number of carbonyl (C=O) groups is 1. The molecule has 5 nitrogen and oxygen atoms in total. The molecule has 1 rings (SSSR count). The molecule has 0 aromatic carbocycles. The van der Waals surface area contributed by atoms with Crippen LogP contribution < -0.4 is 11.1 Å². The van der Waals surface area contributed by atoms with E-state index in [0.717, 1.165) is 6.42 Å². The minimum absolute atomic E-state index is 0.0437. The van der Waals surface area contributed by atoms with E-state index in [0.29, 0.717) is 13.0 Å². The number of amides is 1. The number of aliphatic hydroxyl groups is 1. The van der Waals surface area contributed by atoms with Gasteiger partial charge < -0.3 is 20.9 Å². The smallest absolute Gasteiger partial charge is 0.249 e. The largest absolute Gasteiger partial charge is 0.395 e. The highest BCUT2D eigenvalue weighted by Gasteiger charge is 2.24. The fraction of sp³-hybridized carbons (Fsp3) is 0.875. The van der Waals surface area contributed by atoms with Crippen LogP contribution in [0, 0.1) is 0 Å². The van der Waals surface area contributed by atoms with Gasteiger partial charge in [0.1, 0.15) is 6.10 Å². The third kappa shape index (κ3) is 3.30. The maximum atomic E-state index is 11.3. The van der Waals surface area contributed by atoms with E-state index < -0.39 is 0 Å². The first-order valence-electron chi connectivity index (χ1n) is 4.50. The summed E-state index contributed by atoms with van der Waals surface area (Å²) in [5.41, 5.74) is 5.60. The van der Waals surface area contributed by atoms with Crippen LogP contribution in [0.3, 0.4) is 0 Å². The molecule has 0 aliphatic carbocycles. The van der Waals surface area contributed by atoms with Crippen LogP contribution in [0.2, 0.25) is 0 Å². The molecule has 1 aliphatic rings. The highest BCUT2D eigenvalue weighted by atomic mass is 16.5. The first-order valence-corrected chi connectivity index (χ1v) is 4.50. The Morgan fingerprint density at radius 1 is 1.62 bits per heavy atom. The minimum atomic E-state index is -0.383. The van der Waals surface area contributed by atoms with Crippen molar-refractivity contribution in [3.8, 4) is 0 Å². The third-order valence-corrected chi connectivity index (χ3v) is 2.01. The van der Waals surface area contributed by atoms with Crippen LogP contribution in [0.4, 0.5) is 0 Å². The molecule has 76 valence electrons. The summed E-state index contributed by atoms with van der Waals surface area (Å²) < 4.78 is 5.23. The highest BCUT2D eigenvalue weighted by Crippen LogP contribution is 2.11. The molecule has 4 N–H and O–H groups in total. The molecule has 0 aromatic heterocycles. The van der Waals surface area contributed by atoms with E-state index in [9.17, 15) is 4.79 Å². The SMILES string of the molecule is N[C@@H]1CCC(C(=O)NCCO)OC1. The Labute approximate surface area is 77.2 Å². The van der Waals surface area contributed by atoms with Crippen LogP contribution in [-0.4, -0.2) is 42.9 Å². The van der Waals surface area contributed by atoms with Gasteiger partial charge in [-0.3, -0.25) is 4.79 Å². The molecular weight excluding hydrogens is 172 g/mol. The van der Waals surface area contributed by atoms with Crippen molar-refractivity contribution >= 4 is 5.91 Å².